The Morgan fingerprint density at radius 1 is 1.16 bits per heavy atom. The molecule has 1 unspecified atom stereocenters. The summed E-state index contributed by atoms with van der Waals surface area (Å²) in [6.45, 7) is 2.25. The lowest BCUT2D eigenvalue weighted by atomic mass is 9.96. The lowest BCUT2D eigenvalue weighted by Gasteiger charge is -2.31. The van der Waals surface area contributed by atoms with Gasteiger partial charge in [-0.15, -0.1) is 5.10 Å². The molecule has 3 heterocycles. The highest BCUT2D eigenvalue weighted by atomic mass is 32.1. The highest BCUT2D eigenvalue weighted by Gasteiger charge is 2.28. The van der Waals surface area contributed by atoms with Crippen molar-refractivity contribution in [2.24, 2.45) is 5.92 Å². The fourth-order valence-electron chi connectivity index (χ4n) is 5.08. The lowest BCUT2D eigenvalue weighted by Crippen LogP contribution is -2.43. The summed E-state index contributed by atoms with van der Waals surface area (Å²) >= 11 is 1.47. The average Bonchev–Trinajstić information content (AvgIpc) is 3.24. The summed E-state index contributed by atoms with van der Waals surface area (Å²) in [6.07, 6.45) is 14.0. The zero-order valence-corrected chi connectivity index (χ0v) is 18.9. The molecule has 0 aromatic carbocycles. The zero-order chi connectivity index (χ0) is 21.2. The van der Waals surface area contributed by atoms with Crippen molar-refractivity contribution in [3.8, 4) is 0 Å². The number of hydrogen-bond donors (Lipinski definition) is 1. The molecular weight excluding hydrogens is 410 g/mol. The Morgan fingerprint density at radius 3 is 2.90 bits per heavy atom. The van der Waals surface area contributed by atoms with Crippen molar-refractivity contribution < 1.29 is 4.79 Å². The molecule has 31 heavy (non-hydrogen) atoms. The molecule has 0 bridgehead atoms. The molecular formula is C23H31N5O2S. The fourth-order valence-corrected chi connectivity index (χ4v) is 6.02. The van der Waals surface area contributed by atoms with Gasteiger partial charge in [-0.3, -0.25) is 9.59 Å². The molecule has 0 radical (unpaired) electrons. The van der Waals surface area contributed by atoms with Crippen molar-refractivity contribution in [2.45, 2.75) is 70.6 Å². The number of amides is 1. The van der Waals surface area contributed by atoms with Crippen LogP contribution in [0.1, 0.15) is 69.0 Å². The van der Waals surface area contributed by atoms with Gasteiger partial charge in [0.05, 0.1) is 11.6 Å². The van der Waals surface area contributed by atoms with Crippen molar-refractivity contribution in [1.82, 2.24) is 19.9 Å². The second kappa shape index (κ2) is 9.10. The van der Waals surface area contributed by atoms with Gasteiger partial charge in [-0.05, 0) is 70.6 Å². The van der Waals surface area contributed by atoms with Gasteiger partial charge in [0.1, 0.15) is 0 Å². The summed E-state index contributed by atoms with van der Waals surface area (Å²) in [5.41, 5.74) is 3.28. The number of allylic oxidation sites excluding steroid dienone is 1. The first-order chi connectivity index (χ1) is 15.2. The number of fused-ring (bicyclic) bond motifs is 2. The topological polar surface area (TPSA) is 79.6 Å². The van der Waals surface area contributed by atoms with E-state index in [-0.39, 0.29) is 17.4 Å². The van der Waals surface area contributed by atoms with Crippen LogP contribution < -0.4 is 15.8 Å². The molecule has 1 saturated heterocycles. The standard InChI is InChI=1S/C23H31N5O2S/c29-20(24-13-12-16-7-2-1-3-8-16)17-9-6-14-27(15-17)23-26-28-21(30)18-10-4-5-11-19(18)25-22(28)31-23/h7,17H,1-6,8-15H2,(H,24,29). The van der Waals surface area contributed by atoms with Crippen molar-refractivity contribution in [3.05, 3.63) is 33.3 Å². The fraction of sp³-hybridized carbons (Fsp3) is 0.652. The summed E-state index contributed by atoms with van der Waals surface area (Å²) in [6, 6.07) is 0. The van der Waals surface area contributed by atoms with Gasteiger partial charge < -0.3 is 10.2 Å². The number of anilines is 1. The number of aromatic nitrogens is 3. The maximum absolute atomic E-state index is 12.9. The third kappa shape index (κ3) is 4.40. The predicted molar refractivity (Wildman–Crippen MR) is 123 cm³/mol. The summed E-state index contributed by atoms with van der Waals surface area (Å²) in [4.78, 5) is 33.2. The average molecular weight is 442 g/mol. The van der Waals surface area contributed by atoms with Crippen LogP contribution in [-0.2, 0) is 17.6 Å². The molecule has 166 valence electrons. The first-order valence-corrected chi connectivity index (χ1v) is 12.6. The van der Waals surface area contributed by atoms with Crippen molar-refractivity contribution in [1.29, 1.82) is 0 Å². The van der Waals surface area contributed by atoms with E-state index in [1.54, 1.807) is 0 Å². The highest BCUT2D eigenvalue weighted by Crippen LogP contribution is 2.28. The lowest BCUT2D eigenvalue weighted by molar-refractivity contribution is -0.125. The van der Waals surface area contributed by atoms with E-state index in [0.29, 0.717) is 11.5 Å². The van der Waals surface area contributed by atoms with Crippen molar-refractivity contribution >= 4 is 27.3 Å². The second-order valence-electron chi connectivity index (χ2n) is 9.06. The summed E-state index contributed by atoms with van der Waals surface area (Å²) < 4.78 is 1.48. The molecule has 3 aliphatic rings. The zero-order valence-electron chi connectivity index (χ0n) is 18.1. The monoisotopic (exact) mass is 441 g/mol. The Bertz CT molecular complexity index is 1060. The smallest absolute Gasteiger partial charge is 0.278 e. The van der Waals surface area contributed by atoms with Crippen LogP contribution >= 0.6 is 11.3 Å². The predicted octanol–water partition coefficient (Wildman–Crippen LogP) is 3.25. The molecule has 1 aliphatic heterocycles. The quantitative estimate of drug-likeness (QED) is 0.721. The van der Waals surface area contributed by atoms with Gasteiger partial charge in [-0.25, -0.2) is 4.98 Å². The van der Waals surface area contributed by atoms with Gasteiger partial charge >= 0.3 is 0 Å². The van der Waals surface area contributed by atoms with E-state index in [1.807, 2.05) is 0 Å². The van der Waals surface area contributed by atoms with Gasteiger partial charge in [0, 0.05) is 25.2 Å². The molecule has 1 amide bonds. The first-order valence-electron chi connectivity index (χ1n) is 11.8. The molecule has 5 rings (SSSR count). The van der Waals surface area contributed by atoms with Crippen LogP contribution in [0.4, 0.5) is 5.13 Å². The number of piperidine rings is 1. The van der Waals surface area contributed by atoms with E-state index < -0.39 is 0 Å². The minimum atomic E-state index is -0.0287. The Kier molecular flexibility index (Phi) is 6.07. The summed E-state index contributed by atoms with van der Waals surface area (Å²) in [5, 5.41) is 8.56. The maximum Gasteiger partial charge on any atom is 0.278 e. The van der Waals surface area contributed by atoms with Gasteiger partial charge in [0.2, 0.25) is 16.0 Å². The van der Waals surface area contributed by atoms with E-state index >= 15 is 0 Å². The van der Waals surface area contributed by atoms with Gasteiger partial charge in [-0.1, -0.05) is 23.0 Å². The van der Waals surface area contributed by atoms with Crippen LogP contribution in [0.3, 0.4) is 0 Å². The Balaban J connectivity index is 1.25. The SMILES string of the molecule is O=C(NCCC1=CCCCC1)C1CCCN(c2nn3c(=O)c4c(nc3s2)CCCC4)C1. The maximum atomic E-state index is 12.9. The van der Waals surface area contributed by atoms with Crippen LogP contribution in [0.2, 0.25) is 0 Å². The van der Waals surface area contributed by atoms with Gasteiger partial charge in [0.25, 0.3) is 5.56 Å². The number of nitrogens with one attached hydrogen (secondary N) is 1. The second-order valence-corrected chi connectivity index (χ2v) is 10.00. The third-order valence-electron chi connectivity index (χ3n) is 6.86. The van der Waals surface area contributed by atoms with Crippen LogP contribution in [-0.4, -0.2) is 40.1 Å². The van der Waals surface area contributed by atoms with E-state index in [9.17, 15) is 9.59 Å². The van der Waals surface area contributed by atoms with E-state index in [2.05, 4.69) is 21.4 Å². The third-order valence-corrected chi connectivity index (χ3v) is 7.83. The number of hydrogen-bond acceptors (Lipinski definition) is 6. The molecule has 1 N–H and O–H groups in total. The summed E-state index contributed by atoms with van der Waals surface area (Å²) in [7, 11) is 0. The number of aryl methyl sites for hydroxylation is 1. The Labute approximate surface area is 186 Å². The van der Waals surface area contributed by atoms with Crippen molar-refractivity contribution in [2.75, 3.05) is 24.5 Å². The van der Waals surface area contributed by atoms with Gasteiger partial charge in [0.15, 0.2) is 0 Å². The van der Waals surface area contributed by atoms with E-state index in [1.165, 1.54) is 47.1 Å². The first kappa shape index (κ1) is 20.7. The van der Waals surface area contributed by atoms with Crippen molar-refractivity contribution in [3.63, 3.8) is 0 Å². The minimum absolute atomic E-state index is 0.00878. The largest absolute Gasteiger partial charge is 0.355 e. The molecule has 1 fully saturated rings. The number of nitrogens with zero attached hydrogens (tertiary/aromatic N) is 4. The molecule has 7 nitrogen and oxygen atoms in total. The van der Waals surface area contributed by atoms with Crippen LogP contribution in [0.25, 0.3) is 4.96 Å². The Morgan fingerprint density at radius 2 is 2.03 bits per heavy atom. The minimum Gasteiger partial charge on any atom is -0.355 e. The molecule has 2 aliphatic carbocycles. The van der Waals surface area contributed by atoms with Crippen LogP contribution in [0.15, 0.2) is 16.4 Å². The Hall–Kier alpha value is -2.22. The normalized spacial score (nSPS) is 21.6. The molecule has 0 saturated carbocycles. The molecule has 8 heteroatoms. The van der Waals surface area contributed by atoms with Crippen LogP contribution in [0.5, 0.6) is 0 Å². The molecule has 2 aromatic heterocycles. The highest BCUT2D eigenvalue weighted by molar-refractivity contribution is 7.20. The number of carbonyl (C=O) groups excluding carboxylic acids is 1. The number of rotatable bonds is 5. The molecule has 0 spiro atoms. The van der Waals surface area contributed by atoms with E-state index in [0.717, 1.165) is 74.4 Å². The van der Waals surface area contributed by atoms with Gasteiger partial charge in [-0.2, -0.15) is 4.52 Å². The summed E-state index contributed by atoms with van der Waals surface area (Å²) in [5.74, 6) is 0.118. The molecule has 2 aromatic rings. The van der Waals surface area contributed by atoms with E-state index in [4.69, 9.17) is 4.98 Å². The number of carbonyl (C=O) groups is 1. The van der Waals surface area contributed by atoms with Crippen LogP contribution in [0, 0.1) is 5.92 Å². The molecule has 1 atom stereocenters.